The van der Waals surface area contributed by atoms with Crippen LogP contribution in [0.5, 0.6) is 0 Å². The Morgan fingerprint density at radius 1 is 1.14 bits per heavy atom. The molecule has 0 N–H and O–H groups in total. The molecule has 0 aromatic carbocycles. The Hall–Kier alpha value is -1.72. The summed E-state index contributed by atoms with van der Waals surface area (Å²) >= 11 is 0. The number of rotatable bonds is 4. The number of imidazole rings is 1. The number of nitrogens with zero attached hydrogens (tertiary/aromatic N) is 4. The van der Waals surface area contributed by atoms with Crippen LogP contribution in [0, 0.1) is 5.92 Å². The summed E-state index contributed by atoms with van der Waals surface area (Å²) in [7, 11) is 0. The minimum Gasteiger partial charge on any atom is -0.375 e. The lowest BCUT2D eigenvalue weighted by Gasteiger charge is -2.39. The molecular formula is C17H22N4O. The molecule has 2 aromatic rings. The molecule has 1 aliphatic carbocycles. The third kappa shape index (κ3) is 2.78. The molecule has 0 radical (unpaired) electrons. The quantitative estimate of drug-likeness (QED) is 0.865. The second-order valence-corrected chi connectivity index (χ2v) is 6.33. The molecule has 0 bridgehead atoms. The minimum atomic E-state index is 0.359. The molecule has 1 saturated carbocycles. The molecule has 1 saturated heterocycles. The molecule has 116 valence electrons. The van der Waals surface area contributed by atoms with E-state index >= 15 is 0 Å². The van der Waals surface area contributed by atoms with Gasteiger partial charge in [0.25, 0.3) is 0 Å². The van der Waals surface area contributed by atoms with Gasteiger partial charge < -0.3 is 9.30 Å². The Kier molecular flexibility index (Phi) is 3.91. The highest BCUT2D eigenvalue weighted by Gasteiger charge is 2.42. The topological polar surface area (TPSA) is 43.2 Å². The van der Waals surface area contributed by atoms with Crippen LogP contribution in [0.1, 0.15) is 18.4 Å². The normalized spacial score (nSPS) is 28.6. The zero-order chi connectivity index (χ0) is 14.8. The minimum absolute atomic E-state index is 0.359. The van der Waals surface area contributed by atoms with Crippen molar-refractivity contribution in [2.75, 3.05) is 13.2 Å². The summed E-state index contributed by atoms with van der Waals surface area (Å²) in [5.74, 6) is 0.597. The maximum absolute atomic E-state index is 6.14. The van der Waals surface area contributed by atoms with E-state index in [1.807, 2.05) is 31.1 Å². The van der Waals surface area contributed by atoms with Gasteiger partial charge in [0.05, 0.1) is 19.0 Å². The molecule has 22 heavy (non-hydrogen) atoms. The second kappa shape index (κ2) is 6.18. The summed E-state index contributed by atoms with van der Waals surface area (Å²) in [5.41, 5.74) is 1.34. The Bertz CT molecular complexity index is 586. The number of pyridine rings is 1. The van der Waals surface area contributed by atoms with Crippen LogP contribution in [0.3, 0.4) is 0 Å². The van der Waals surface area contributed by atoms with Gasteiger partial charge in [-0.05, 0) is 30.5 Å². The molecule has 4 rings (SSSR count). The van der Waals surface area contributed by atoms with Crippen LogP contribution in [0.2, 0.25) is 0 Å². The SMILES string of the molecule is c1cc(CN2CCO[C@H]3C(Cn4ccnc4)CC[C@@H]32)ccn1. The fourth-order valence-corrected chi connectivity index (χ4v) is 3.92. The standard InChI is InChI=1S/C17H22N4O/c1-2-16-17(15(1)12-20-8-7-19-13-20)22-10-9-21(16)11-14-3-5-18-6-4-14/h3-8,13,15-17H,1-2,9-12H2/t15?,16-,17-/m0/s1. The monoisotopic (exact) mass is 298 g/mol. The van der Waals surface area contributed by atoms with E-state index in [2.05, 4.69) is 31.6 Å². The van der Waals surface area contributed by atoms with Crippen LogP contribution >= 0.6 is 0 Å². The smallest absolute Gasteiger partial charge is 0.0946 e. The largest absolute Gasteiger partial charge is 0.375 e. The van der Waals surface area contributed by atoms with E-state index in [-0.39, 0.29) is 0 Å². The predicted molar refractivity (Wildman–Crippen MR) is 83.1 cm³/mol. The first-order valence-corrected chi connectivity index (χ1v) is 8.10. The first kappa shape index (κ1) is 13.9. The van der Waals surface area contributed by atoms with Crippen LogP contribution in [-0.2, 0) is 17.8 Å². The summed E-state index contributed by atoms with van der Waals surface area (Å²) in [6.45, 7) is 3.89. The Balaban J connectivity index is 1.44. The van der Waals surface area contributed by atoms with Crippen molar-refractivity contribution in [3.8, 4) is 0 Å². The van der Waals surface area contributed by atoms with Crippen molar-refractivity contribution < 1.29 is 4.74 Å². The van der Waals surface area contributed by atoms with Crippen LogP contribution in [0.15, 0.2) is 43.2 Å². The Morgan fingerprint density at radius 2 is 2.05 bits per heavy atom. The van der Waals surface area contributed by atoms with Gasteiger partial charge in [-0.25, -0.2) is 4.98 Å². The van der Waals surface area contributed by atoms with Crippen LogP contribution in [0.25, 0.3) is 0 Å². The van der Waals surface area contributed by atoms with Crippen molar-refractivity contribution in [1.82, 2.24) is 19.4 Å². The zero-order valence-corrected chi connectivity index (χ0v) is 12.7. The van der Waals surface area contributed by atoms with Crippen molar-refractivity contribution >= 4 is 0 Å². The third-order valence-corrected chi connectivity index (χ3v) is 4.97. The molecule has 0 amide bonds. The van der Waals surface area contributed by atoms with Gasteiger partial charge in [-0.2, -0.15) is 0 Å². The van der Waals surface area contributed by atoms with Crippen molar-refractivity contribution in [3.63, 3.8) is 0 Å². The lowest BCUT2D eigenvalue weighted by Crippen LogP contribution is -2.50. The zero-order valence-electron chi connectivity index (χ0n) is 12.7. The van der Waals surface area contributed by atoms with Gasteiger partial charge in [-0.15, -0.1) is 0 Å². The fourth-order valence-electron chi connectivity index (χ4n) is 3.92. The molecule has 1 aliphatic heterocycles. The van der Waals surface area contributed by atoms with E-state index < -0.39 is 0 Å². The van der Waals surface area contributed by atoms with Gasteiger partial charge in [0.2, 0.25) is 0 Å². The van der Waals surface area contributed by atoms with Crippen LogP contribution < -0.4 is 0 Å². The molecule has 5 nitrogen and oxygen atoms in total. The molecule has 1 unspecified atom stereocenters. The van der Waals surface area contributed by atoms with Gasteiger partial charge in [0.15, 0.2) is 0 Å². The fraction of sp³-hybridized carbons (Fsp3) is 0.529. The van der Waals surface area contributed by atoms with Gasteiger partial charge >= 0.3 is 0 Å². The average molecular weight is 298 g/mol. The van der Waals surface area contributed by atoms with Crippen LogP contribution in [-0.4, -0.2) is 44.7 Å². The lowest BCUT2D eigenvalue weighted by molar-refractivity contribution is -0.0786. The Morgan fingerprint density at radius 3 is 2.86 bits per heavy atom. The summed E-state index contributed by atoms with van der Waals surface area (Å²) in [6.07, 6.45) is 12.4. The van der Waals surface area contributed by atoms with Gasteiger partial charge in [-0.1, -0.05) is 0 Å². The van der Waals surface area contributed by atoms with E-state index in [1.54, 1.807) is 0 Å². The molecule has 2 aromatic heterocycles. The van der Waals surface area contributed by atoms with Crippen LogP contribution in [0.4, 0.5) is 0 Å². The first-order valence-electron chi connectivity index (χ1n) is 8.10. The summed E-state index contributed by atoms with van der Waals surface area (Å²) in [6, 6.07) is 4.78. The van der Waals surface area contributed by atoms with Gasteiger partial charge in [-0.3, -0.25) is 9.88 Å². The highest BCUT2D eigenvalue weighted by Crippen LogP contribution is 2.36. The highest BCUT2D eigenvalue weighted by molar-refractivity contribution is 5.10. The van der Waals surface area contributed by atoms with Crippen molar-refractivity contribution in [3.05, 3.63) is 48.8 Å². The van der Waals surface area contributed by atoms with E-state index in [1.165, 1.54) is 18.4 Å². The molecule has 2 aliphatic rings. The lowest BCUT2D eigenvalue weighted by atomic mass is 10.0. The number of fused-ring (bicyclic) bond motifs is 1. The average Bonchev–Trinajstić information content (AvgIpc) is 3.20. The number of ether oxygens (including phenoxy) is 1. The highest BCUT2D eigenvalue weighted by atomic mass is 16.5. The molecular weight excluding hydrogens is 276 g/mol. The number of aromatic nitrogens is 3. The predicted octanol–water partition coefficient (Wildman–Crippen LogP) is 1.96. The number of morpholine rings is 1. The van der Waals surface area contributed by atoms with Crippen molar-refractivity contribution in [2.45, 2.75) is 38.1 Å². The van der Waals surface area contributed by atoms with Gasteiger partial charge in [0.1, 0.15) is 0 Å². The molecule has 0 spiro atoms. The van der Waals surface area contributed by atoms with Gasteiger partial charge in [0, 0.05) is 56.4 Å². The first-order chi connectivity index (χ1) is 10.9. The third-order valence-electron chi connectivity index (χ3n) is 4.97. The van der Waals surface area contributed by atoms with Crippen molar-refractivity contribution in [2.24, 2.45) is 5.92 Å². The summed E-state index contributed by atoms with van der Waals surface area (Å²) < 4.78 is 8.32. The summed E-state index contributed by atoms with van der Waals surface area (Å²) in [5, 5.41) is 0. The number of hydrogen-bond donors (Lipinski definition) is 0. The molecule has 3 atom stereocenters. The van der Waals surface area contributed by atoms with Crippen molar-refractivity contribution in [1.29, 1.82) is 0 Å². The van der Waals surface area contributed by atoms with E-state index in [4.69, 9.17) is 4.74 Å². The maximum Gasteiger partial charge on any atom is 0.0946 e. The second-order valence-electron chi connectivity index (χ2n) is 6.33. The maximum atomic E-state index is 6.14. The summed E-state index contributed by atoms with van der Waals surface area (Å²) in [4.78, 5) is 10.8. The molecule has 3 heterocycles. The molecule has 5 heteroatoms. The van der Waals surface area contributed by atoms with E-state index in [0.717, 1.165) is 26.2 Å². The Labute approximate surface area is 130 Å². The van der Waals surface area contributed by atoms with E-state index in [9.17, 15) is 0 Å². The number of hydrogen-bond acceptors (Lipinski definition) is 4. The molecule has 2 fully saturated rings. The van der Waals surface area contributed by atoms with E-state index in [0.29, 0.717) is 18.1 Å².